The lowest BCUT2D eigenvalue weighted by molar-refractivity contribution is -0.143. The van der Waals surface area contributed by atoms with Gasteiger partial charge in [-0.1, -0.05) is 6.07 Å². The minimum Gasteiger partial charge on any atom is -0.493 e. The van der Waals surface area contributed by atoms with Crippen molar-refractivity contribution in [1.82, 2.24) is 4.98 Å². The van der Waals surface area contributed by atoms with Crippen molar-refractivity contribution in [2.75, 3.05) is 26.9 Å². The molecule has 1 N–H and O–H groups in total. The van der Waals surface area contributed by atoms with E-state index in [1.807, 2.05) is 19.1 Å². The van der Waals surface area contributed by atoms with Crippen LogP contribution in [0, 0.1) is 6.92 Å². The maximum absolute atomic E-state index is 11.9. The number of carboxylic acids is 1. The third kappa shape index (κ3) is 6.40. The molecule has 0 unspecified atom stereocenters. The molecule has 0 aliphatic heterocycles. The second-order valence-electron chi connectivity index (χ2n) is 8.76. The molecule has 1 aromatic heterocycles. The Bertz CT molecular complexity index is 1270. The predicted molar refractivity (Wildman–Crippen MR) is 140 cm³/mol. The molecule has 3 aromatic rings. The van der Waals surface area contributed by atoms with E-state index < -0.39 is 5.97 Å². The molecule has 1 aliphatic rings. The van der Waals surface area contributed by atoms with Gasteiger partial charge in [0.15, 0.2) is 11.5 Å². The van der Waals surface area contributed by atoms with E-state index >= 15 is 0 Å². The number of esters is 1. The minimum atomic E-state index is -0.978. The highest BCUT2D eigenvalue weighted by Gasteiger charge is 2.25. The standard InChI is InChI=1S/C28H31NO7S/c1-4-34-25(30)16-19-7-6-18-14-21(9-10-22(18)19)35-12-5-13-36-23-11-8-20(15-24(23)33-3)27-29-17(2)26(37-27)28(31)32/h8-11,14-15,19H,4-7,12-13,16H2,1-3H3,(H,31,32)/t19-/m0/s1. The summed E-state index contributed by atoms with van der Waals surface area (Å²) in [5, 5.41) is 9.90. The van der Waals surface area contributed by atoms with E-state index in [1.54, 1.807) is 26.2 Å². The van der Waals surface area contributed by atoms with E-state index in [-0.39, 0.29) is 16.8 Å². The highest BCUT2D eigenvalue weighted by molar-refractivity contribution is 7.17. The van der Waals surface area contributed by atoms with Gasteiger partial charge in [-0.3, -0.25) is 4.79 Å². The Morgan fingerprint density at radius 1 is 1.11 bits per heavy atom. The van der Waals surface area contributed by atoms with Crippen molar-refractivity contribution in [2.45, 2.75) is 45.4 Å². The largest absolute Gasteiger partial charge is 0.493 e. The molecule has 1 atom stereocenters. The normalized spacial score (nSPS) is 14.2. The van der Waals surface area contributed by atoms with Gasteiger partial charge in [-0.15, -0.1) is 11.3 Å². The van der Waals surface area contributed by atoms with Crippen molar-refractivity contribution >= 4 is 23.3 Å². The Morgan fingerprint density at radius 3 is 2.65 bits per heavy atom. The highest BCUT2D eigenvalue weighted by atomic mass is 32.1. The van der Waals surface area contributed by atoms with Crippen LogP contribution >= 0.6 is 11.3 Å². The van der Waals surface area contributed by atoms with E-state index in [2.05, 4.69) is 17.1 Å². The molecule has 0 fully saturated rings. The number of fused-ring (bicyclic) bond motifs is 1. The molecule has 0 saturated carbocycles. The summed E-state index contributed by atoms with van der Waals surface area (Å²) in [6.45, 7) is 4.87. The van der Waals surface area contributed by atoms with Crippen molar-refractivity contribution < 1.29 is 33.6 Å². The molecular weight excluding hydrogens is 494 g/mol. The first kappa shape index (κ1) is 26.5. The minimum absolute atomic E-state index is 0.141. The molecule has 0 amide bonds. The summed E-state index contributed by atoms with van der Waals surface area (Å²) in [5.74, 6) is 1.07. The van der Waals surface area contributed by atoms with Crippen LogP contribution in [-0.2, 0) is 16.0 Å². The van der Waals surface area contributed by atoms with Crippen molar-refractivity contribution in [2.24, 2.45) is 0 Å². The van der Waals surface area contributed by atoms with Crippen LogP contribution in [0.2, 0.25) is 0 Å². The quantitative estimate of drug-likeness (QED) is 0.239. The van der Waals surface area contributed by atoms with Crippen LogP contribution in [0.15, 0.2) is 36.4 Å². The lowest BCUT2D eigenvalue weighted by Gasteiger charge is -2.13. The van der Waals surface area contributed by atoms with E-state index in [1.165, 1.54) is 11.1 Å². The van der Waals surface area contributed by atoms with Gasteiger partial charge in [-0.2, -0.15) is 0 Å². The number of benzene rings is 2. The van der Waals surface area contributed by atoms with Crippen molar-refractivity contribution in [3.63, 3.8) is 0 Å². The number of aromatic nitrogens is 1. The summed E-state index contributed by atoms with van der Waals surface area (Å²) in [7, 11) is 1.57. The molecule has 37 heavy (non-hydrogen) atoms. The number of nitrogens with zero attached hydrogens (tertiary/aromatic N) is 1. The zero-order valence-electron chi connectivity index (χ0n) is 21.2. The summed E-state index contributed by atoms with van der Waals surface area (Å²) in [6.07, 6.45) is 3.00. The van der Waals surface area contributed by atoms with E-state index in [4.69, 9.17) is 18.9 Å². The fraction of sp³-hybridized carbons (Fsp3) is 0.393. The topological polar surface area (TPSA) is 104 Å². The number of rotatable bonds is 12. The van der Waals surface area contributed by atoms with Crippen molar-refractivity contribution in [3.05, 3.63) is 58.1 Å². The third-order valence-corrected chi connectivity index (χ3v) is 7.45. The number of ether oxygens (including phenoxy) is 4. The second-order valence-corrected chi connectivity index (χ2v) is 9.76. The Kier molecular flexibility index (Phi) is 8.66. The third-order valence-electron chi connectivity index (χ3n) is 6.25. The molecule has 8 nitrogen and oxygen atoms in total. The molecule has 0 radical (unpaired) electrons. The lowest BCUT2D eigenvalue weighted by Crippen LogP contribution is -2.08. The molecule has 4 rings (SSSR count). The first-order valence-corrected chi connectivity index (χ1v) is 13.1. The van der Waals surface area contributed by atoms with Crippen LogP contribution in [0.3, 0.4) is 0 Å². The average molecular weight is 526 g/mol. The average Bonchev–Trinajstić information content (AvgIpc) is 3.47. The van der Waals surface area contributed by atoms with Crippen molar-refractivity contribution in [3.8, 4) is 27.8 Å². The molecule has 2 aromatic carbocycles. The van der Waals surface area contributed by atoms with Crippen molar-refractivity contribution in [1.29, 1.82) is 0 Å². The summed E-state index contributed by atoms with van der Waals surface area (Å²) in [4.78, 5) is 27.8. The molecule has 0 bridgehead atoms. The molecule has 0 saturated heterocycles. The maximum atomic E-state index is 11.9. The van der Waals surface area contributed by atoms with Crippen LogP contribution in [0.5, 0.6) is 17.2 Å². The Morgan fingerprint density at radius 2 is 1.92 bits per heavy atom. The monoisotopic (exact) mass is 525 g/mol. The fourth-order valence-corrected chi connectivity index (χ4v) is 5.38. The fourth-order valence-electron chi connectivity index (χ4n) is 4.47. The first-order valence-electron chi connectivity index (χ1n) is 12.3. The number of aromatic carboxylic acids is 1. The van der Waals surface area contributed by atoms with Gasteiger partial charge in [0.2, 0.25) is 0 Å². The Hall–Kier alpha value is -3.59. The van der Waals surface area contributed by atoms with Crippen LogP contribution < -0.4 is 14.2 Å². The van der Waals surface area contributed by atoms with Gasteiger partial charge in [0.25, 0.3) is 0 Å². The summed E-state index contributed by atoms with van der Waals surface area (Å²) in [6, 6.07) is 11.5. The van der Waals surface area contributed by atoms with Gasteiger partial charge in [0.05, 0.1) is 39.0 Å². The smallest absolute Gasteiger partial charge is 0.347 e. The number of hydrogen-bond donors (Lipinski definition) is 1. The maximum Gasteiger partial charge on any atom is 0.347 e. The van der Waals surface area contributed by atoms with Gasteiger partial charge in [0, 0.05) is 12.0 Å². The number of carbonyl (C=O) groups excluding carboxylic acids is 1. The summed E-state index contributed by atoms with van der Waals surface area (Å²) >= 11 is 1.14. The van der Waals surface area contributed by atoms with Gasteiger partial charge < -0.3 is 24.1 Å². The number of carbonyl (C=O) groups is 2. The molecule has 9 heteroatoms. The SMILES string of the molecule is CCOC(=O)C[C@@H]1CCc2cc(OCCCOc3ccc(-c4nc(C)c(C(=O)O)s4)cc3OC)ccc21. The molecular formula is C28H31NO7S. The van der Waals surface area contributed by atoms with Gasteiger partial charge in [-0.25, -0.2) is 9.78 Å². The van der Waals surface area contributed by atoms with Gasteiger partial charge in [-0.05, 0) is 74.1 Å². The zero-order chi connectivity index (χ0) is 26.4. The van der Waals surface area contributed by atoms with Crippen LogP contribution in [0.25, 0.3) is 10.6 Å². The second kappa shape index (κ2) is 12.1. The molecule has 1 aliphatic carbocycles. The molecule has 0 spiro atoms. The Balaban J connectivity index is 1.27. The number of methoxy groups -OCH3 is 1. The zero-order valence-corrected chi connectivity index (χ0v) is 22.1. The molecule has 196 valence electrons. The van der Waals surface area contributed by atoms with Gasteiger partial charge in [0.1, 0.15) is 15.6 Å². The summed E-state index contributed by atoms with van der Waals surface area (Å²) in [5.41, 5.74) is 3.71. The molecule has 1 heterocycles. The number of thiazole rings is 1. The van der Waals surface area contributed by atoms with Crippen LogP contribution in [-0.4, -0.2) is 49.0 Å². The number of hydrogen-bond acceptors (Lipinski definition) is 8. The van der Waals surface area contributed by atoms with Crippen LogP contribution in [0.4, 0.5) is 0 Å². The van der Waals surface area contributed by atoms with Gasteiger partial charge >= 0.3 is 11.9 Å². The predicted octanol–water partition coefficient (Wildman–Crippen LogP) is 5.66. The van der Waals surface area contributed by atoms with E-state index in [9.17, 15) is 14.7 Å². The first-order chi connectivity index (χ1) is 17.9. The summed E-state index contributed by atoms with van der Waals surface area (Å²) < 4.78 is 22.4. The van der Waals surface area contributed by atoms with E-state index in [0.29, 0.717) is 54.9 Å². The highest BCUT2D eigenvalue weighted by Crippen LogP contribution is 2.38. The lowest BCUT2D eigenvalue weighted by atomic mass is 9.98. The van der Waals surface area contributed by atoms with E-state index in [0.717, 1.165) is 35.5 Å². The Labute approximate surface area is 220 Å². The number of aryl methyl sites for hydroxylation is 2. The number of carboxylic acid groups (broad SMARTS) is 1. The van der Waals surface area contributed by atoms with Crippen LogP contribution in [0.1, 0.15) is 58.6 Å².